The molecule has 82 valence electrons. The van der Waals surface area contributed by atoms with Crippen molar-refractivity contribution in [3.63, 3.8) is 0 Å². The van der Waals surface area contributed by atoms with Crippen LogP contribution in [0.5, 0.6) is 11.5 Å². The van der Waals surface area contributed by atoms with Gasteiger partial charge in [0.05, 0.1) is 12.7 Å². The summed E-state index contributed by atoms with van der Waals surface area (Å²) in [5.74, 6) is -3.48. The highest BCUT2D eigenvalue weighted by Gasteiger charge is 2.45. The van der Waals surface area contributed by atoms with E-state index in [1.54, 1.807) is 0 Å². The maximum atomic E-state index is 13.4. The third kappa shape index (κ3) is 1.43. The molecule has 1 aromatic carbocycles. The predicted molar refractivity (Wildman–Crippen MR) is 47.7 cm³/mol. The highest BCUT2D eigenvalue weighted by molar-refractivity contribution is 5.47. The SMILES string of the molecule is COc1c(F)cc(C2(O)CC2)c(O)c1F. The molecule has 0 amide bonds. The molecule has 1 aliphatic rings. The molecular formula is C10H10F2O3. The van der Waals surface area contributed by atoms with E-state index < -0.39 is 28.7 Å². The Bertz CT molecular complexity index is 414. The fraction of sp³-hybridized carbons (Fsp3) is 0.400. The number of hydrogen-bond donors (Lipinski definition) is 2. The van der Waals surface area contributed by atoms with E-state index in [0.717, 1.165) is 13.2 Å². The Morgan fingerprint density at radius 2 is 2.00 bits per heavy atom. The zero-order valence-corrected chi connectivity index (χ0v) is 8.05. The first-order valence-corrected chi connectivity index (χ1v) is 4.47. The average Bonchev–Trinajstić information content (AvgIpc) is 2.92. The van der Waals surface area contributed by atoms with E-state index in [1.165, 1.54) is 0 Å². The highest BCUT2D eigenvalue weighted by atomic mass is 19.1. The lowest BCUT2D eigenvalue weighted by molar-refractivity contribution is 0.145. The van der Waals surface area contributed by atoms with Gasteiger partial charge in [0.1, 0.15) is 0 Å². The first-order chi connectivity index (χ1) is 6.99. The number of phenolic OH excluding ortho intramolecular Hbond substituents is 1. The molecule has 0 bridgehead atoms. The van der Waals surface area contributed by atoms with Crippen LogP contribution in [0.3, 0.4) is 0 Å². The van der Waals surface area contributed by atoms with Crippen LogP contribution in [0.2, 0.25) is 0 Å². The van der Waals surface area contributed by atoms with E-state index in [2.05, 4.69) is 4.74 Å². The third-order valence-corrected chi connectivity index (χ3v) is 2.58. The molecule has 1 aliphatic carbocycles. The van der Waals surface area contributed by atoms with Crippen LogP contribution in [0.25, 0.3) is 0 Å². The number of aromatic hydroxyl groups is 1. The molecule has 2 N–H and O–H groups in total. The van der Waals surface area contributed by atoms with Gasteiger partial charge in [0.2, 0.25) is 5.82 Å². The largest absolute Gasteiger partial charge is 0.504 e. The minimum atomic E-state index is -1.28. The van der Waals surface area contributed by atoms with Gasteiger partial charge in [-0.1, -0.05) is 0 Å². The molecule has 0 unspecified atom stereocenters. The van der Waals surface area contributed by atoms with E-state index in [9.17, 15) is 19.0 Å². The summed E-state index contributed by atoms with van der Waals surface area (Å²) in [5.41, 5.74) is -1.39. The number of rotatable bonds is 2. The number of ether oxygens (including phenoxy) is 1. The molecule has 3 nitrogen and oxygen atoms in total. The van der Waals surface area contributed by atoms with Crippen molar-refractivity contribution in [1.82, 2.24) is 0 Å². The van der Waals surface area contributed by atoms with Crippen LogP contribution in [-0.2, 0) is 5.60 Å². The van der Waals surface area contributed by atoms with Crippen LogP contribution in [0, 0.1) is 11.6 Å². The fourth-order valence-electron chi connectivity index (χ4n) is 1.52. The fourth-order valence-corrected chi connectivity index (χ4v) is 1.52. The van der Waals surface area contributed by atoms with E-state index in [1.807, 2.05) is 0 Å². The summed E-state index contributed by atoms with van der Waals surface area (Å²) in [5, 5.41) is 19.1. The first-order valence-electron chi connectivity index (χ1n) is 4.47. The number of aliphatic hydroxyl groups is 1. The Balaban J connectivity index is 2.59. The summed E-state index contributed by atoms with van der Waals surface area (Å²) in [7, 11) is 1.10. The summed E-state index contributed by atoms with van der Waals surface area (Å²) in [6.45, 7) is 0. The minimum absolute atomic E-state index is 0.113. The monoisotopic (exact) mass is 216 g/mol. The Morgan fingerprint density at radius 3 is 2.47 bits per heavy atom. The number of phenols is 1. The summed E-state index contributed by atoms with van der Waals surface area (Å²) >= 11 is 0. The van der Waals surface area contributed by atoms with Crippen LogP contribution < -0.4 is 4.74 Å². The van der Waals surface area contributed by atoms with Crippen LogP contribution in [0.15, 0.2) is 6.07 Å². The molecule has 15 heavy (non-hydrogen) atoms. The number of benzene rings is 1. The molecule has 2 rings (SSSR count). The predicted octanol–water partition coefficient (Wildman–Crippen LogP) is 1.66. The van der Waals surface area contributed by atoms with E-state index in [-0.39, 0.29) is 5.56 Å². The molecule has 1 fully saturated rings. The lowest BCUT2D eigenvalue weighted by atomic mass is 10.1. The Kier molecular flexibility index (Phi) is 2.08. The standard InChI is InChI=1S/C10H10F2O3/c1-15-9-6(11)4-5(8(13)7(9)12)10(14)2-3-10/h4,13-14H,2-3H2,1H3. The zero-order valence-electron chi connectivity index (χ0n) is 8.05. The van der Waals surface area contributed by atoms with Crippen LogP contribution in [0.1, 0.15) is 18.4 Å². The maximum absolute atomic E-state index is 13.4. The number of hydrogen-bond acceptors (Lipinski definition) is 3. The van der Waals surface area contributed by atoms with Gasteiger partial charge in [-0.05, 0) is 18.9 Å². The van der Waals surface area contributed by atoms with Gasteiger partial charge in [-0.3, -0.25) is 0 Å². The molecule has 0 heterocycles. The smallest absolute Gasteiger partial charge is 0.210 e. The van der Waals surface area contributed by atoms with Crippen molar-refractivity contribution in [2.24, 2.45) is 0 Å². The Morgan fingerprint density at radius 1 is 1.40 bits per heavy atom. The van der Waals surface area contributed by atoms with Gasteiger partial charge in [-0.15, -0.1) is 0 Å². The van der Waals surface area contributed by atoms with Crippen molar-refractivity contribution < 1.29 is 23.7 Å². The molecule has 0 saturated heterocycles. The average molecular weight is 216 g/mol. The second-order valence-electron chi connectivity index (χ2n) is 3.63. The molecule has 0 aromatic heterocycles. The molecule has 1 aromatic rings. The van der Waals surface area contributed by atoms with Crippen molar-refractivity contribution >= 4 is 0 Å². The normalized spacial score (nSPS) is 17.6. The zero-order chi connectivity index (χ0) is 11.2. The number of methoxy groups -OCH3 is 1. The van der Waals surface area contributed by atoms with Crippen molar-refractivity contribution in [2.75, 3.05) is 7.11 Å². The summed E-state index contributed by atoms with van der Waals surface area (Å²) in [6.07, 6.45) is 0.789. The van der Waals surface area contributed by atoms with Gasteiger partial charge >= 0.3 is 0 Å². The molecule has 5 heteroatoms. The third-order valence-electron chi connectivity index (χ3n) is 2.58. The lowest BCUT2D eigenvalue weighted by Gasteiger charge is -2.13. The van der Waals surface area contributed by atoms with Gasteiger partial charge in [-0.2, -0.15) is 4.39 Å². The quantitative estimate of drug-likeness (QED) is 0.790. The van der Waals surface area contributed by atoms with Crippen molar-refractivity contribution in [1.29, 1.82) is 0 Å². The van der Waals surface area contributed by atoms with Gasteiger partial charge in [0.25, 0.3) is 0 Å². The summed E-state index contributed by atoms with van der Waals surface area (Å²) < 4.78 is 31.1. The van der Waals surface area contributed by atoms with E-state index in [0.29, 0.717) is 12.8 Å². The lowest BCUT2D eigenvalue weighted by Crippen LogP contribution is -2.07. The van der Waals surface area contributed by atoms with Gasteiger partial charge in [-0.25, -0.2) is 4.39 Å². The van der Waals surface area contributed by atoms with Crippen LogP contribution in [0.4, 0.5) is 8.78 Å². The summed E-state index contributed by atoms with van der Waals surface area (Å²) in [6, 6.07) is 0.907. The summed E-state index contributed by atoms with van der Waals surface area (Å²) in [4.78, 5) is 0. The molecule has 1 saturated carbocycles. The Labute approximate surface area is 84.9 Å². The second kappa shape index (κ2) is 3.06. The van der Waals surface area contributed by atoms with Crippen LogP contribution in [-0.4, -0.2) is 17.3 Å². The van der Waals surface area contributed by atoms with Gasteiger partial charge in [0, 0.05) is 5.56 Å². The molecule has 0 spiro atoms. The van der Waals surface area contributed by atoms with Gasteiger partial charge in [0.15, 0.2) is 17.3 Å². The molecular weight excluding hydrogens is 206 g/mol. The first kappa shape index (κ1) is 10.2. The molecule has 0 aliphatic heterocycles. The van der Waals surface area contributed by atoms with Crippen molar-refractivity contribution in [3.05, 3.63) is 23.3 Å². The minimum Gasteiger partial charge on any atom is -0.504 e. The van der Waals surface area contributed by atoms with Crippen molar-refractivity contribution in [2.45, 2.75) is 18.4 Å². The second-order valence-corrected chi connectivity index (χ2v) is 3.63. The molecule has 0 atom stereocenters. The topological polar surface area (TPSA) is 49.7 Å². The van der Waals surface area contributed by atoms with E-state index in [4.69, 9.17) is 0 Å². The van der Waals surface area contributed by atoms with Gasteiger partial charge < -0.3 is 14.9 Å². The highest BCUT2D eigenvalue weighted by Crippen LogP contribution is 2.50. The maximum Gasteiger partial charge on any atom is 0.210 e. The van der Waals surface area contributed by atoms with Crippen molar-refractivity contribution in [3.8, 4) is 11.5 Å². The van der Waals surface area contributed by atoms with E-state index >= 15 is 0 Å². The number of halogens is 2. The van der Waals surface area contributed by atoms with Crippen LogP contribution >= 0.6 is 0 Å². The molecule has 0 radical (unpaired) electrons. The Hall–Kier alpha value is -1.36.